The molecule has 0 bridgehead atoms. The molecule has 0 aromatic heterocycles. The maximum absolute atomic E-state index is 9.90. The molecule has 0 rings (SSSR count). The molecule has 9 nitrogen and oxygen atoms in total. The van der Waals surface area contributed by atoms with Gasteiger partial charge in [-0.15, -0.1) is 0 Å². The van der Waals surface area contributed by atoms with E-state index in [0.29, 0.717) is 6.61 Å². The largest absolute Gasteiger partial charge is 0.394 e. The first-order chi connectivity index (χ1) is 9.70. The lowest BCUT2D eigenvalue weighted by atomic mass is 10.0. The van der Waals surface area contributed by atoms with Crippen LogP contribution < -0.4 is 0 Å². The highest BCUT2D eigenvalue weighted by Crippen LogP contribution is 2.02. The van der Waals surface area contributed by atoms with Crippen LogP contribution in [0.1, 0.15) is 13.8 Å². The van der Waals surface area contributed by atoms with E-state index in [1.54, 1.807) is 13.8 Å². The van der Waals surface area contributed by atoms with E-state index in [4.69, 9.17) is 40.5 Å². The maximum Gasteiger partial charge on any atom is 0.151 e. The second-order valence-electron chi connectivity index (χ2n) is 4.53. The monoisotopic (exact) mass is 314 g/mol. The fourth-order valence-corrected chi connectivity index (χ4v) is 0.974. The Balaban J connectivity index is 0. The van der Waals surface area contributed by atoms with Crippen LogP contribution in [0.4, 0.5) is 0 Å². The summed E-state index contributed by atoms with van der Waals surface area (Å²) in [6.45, 7) is 2.94. The second kappa shape index (κ2) is 13.0. The number of ether oxygens (including phenoxy) is 1. The van der Waals surface area contributed by atoms with Crippen molar-refractivity contribution in [3.05, 3.63) is 0 Å². The van der Waals surface area contributed by atoms with Crippen molar-refractivity contribution in [3.63, 3.8) is 0 Å². The van der Waals surface area contributed by atoms with Gasteiger partial charge in [0.05, 0.1) is 32.0 Å². The van der Waals surface area contributed by atoms with Crippen molar-refractivity contribution in [2.45, 2.75) is 50.5 Å². The van der Waals surface area contributed by atoms with Gasteiger partial charge in [-0.2, -0.15) is 0 Å². The summed E-state index contributed by atoms with van der Waals surface area (Å²) in [7, 11) is 0. The molecular weight excluding hydrogens is 288 g/mol. The number of aldehydes is 1. The number of hydrogen-bond donors (Lipinski definition) is 7. The van der Waals surface area contributed by atoms with Crippen molar-refractivity contribution in [1.29, 1.82) is 0 Å². The van der Waals surface area contributed by atoms with E-state index in [1.807, 2.05) is 0 Å². The fourth-order valence-electron chi connectivity index (χ4n) is 0.974. The molecule has 0 aromatic rings. The second-order valence-corrected chi connectivity index (χ2v) is 4.53. The van der Waals surface area contributed by atoms with Crippen LogP contribution in [0.2, 0.25) is 0 Å². The Morgan fingerprint density at radius 2 is 1.48 bits per heavy atom. The normalized spacial score (nSPS) is 19.5. The number of hydrogen-bond acceptors (Lipinski definition) is 9. The van der Waals surface area contributed by atoms with Gasteiger partial charge >= 0.3 is 0 Å². The molecule has 0 heterocycles. The predicted molar refractivity (Wildman–Crippen MR) is 71.4 cm³/mol. The summed E-state index contributed by atoms with van der Waals surface area (Å²) in [5.74, 6) is 0. The molecular formula is C12H26O9. The van der Waals surface area contributed by atoms with Crippen molar-refractivity contribution >= 4 is 6.29 Å². The summed E-state index contributed by atoms with van der Waals surface area (Å²) in [6.07, 6.45) is -7.45. The molecule has 128 valence electrons. The fraction of sp³-hybridized carbons (Fsp3) is 0.917. The first kappa shape index (κ1) is 22.6. The summed E-state index contributed by atoms with van der Waals surface area (Å²) in [6, 6.07) is 0. The summed E-state index contributed by atoms with van der Waals surface area (Å²) < 4.78 is 4.95. The van der Waals surface area contributed by atoms with Gasteiger partial charge in [0, 0.05) is 0 Å². The van der Waals surface area contributed by atoms with Gasteiger partial charge in [-0.25, -0.2) is 0 Å². The number of aliphatic hydroxyl groups excluding tert-OH is 7. The van der Waals surface area contributed by atoms with Gasteiger partial charge in [-0.3, -0.25) is 0 Å². The summed E-state index contributed by atoms with van der Waals surface area (Å²) in [5.41, 5.74) is 0. The highest BCUT2D eigenvalue weighted by Gasteiger charge is 2.29. The van der Waals surface area contributed by atoms with Gasteiger partial charge in [0.15, 0.2) is 6.29 Å². The molecule has 0 saturated heterocycles. The number of carbonyl (C=O) groups is 1. The Morgan fingerprint density at radius 1 is 0.952 bits per heavy atom. The maximum atomic E-state index is 9.90. The highest BCUT2D eigenvalue weighted by molar-refractivity contribution is 5.56. The molecule has 9 heteroatoms. The molecule has 0 aliphatic heterocycles. The minimum atomic E-state index is -1.79. The van der Waals surface area contributed by atoms with Crippen LogP contribution in [0.25, 0.3) is 0 Å². The van der Waals surface area contributed by atoms with Crippen LogP contribution in [0, 0.1) is 0 Å². The minimum absolute atomic E-state index is 0.00667. The molecule has 0 fully saturated rings. The Bertz CT molecular complexity index is 249. The van der Waals surface area contributed by atoms with Crippen molar-refractivity contribution in [1.82, 2.24) is 0 Å². The number of aliphatic hydroxyl groups is 7. The lowest BCUT2D eigenvalue weighted by molar-refractivity contribution is -0.136. The molecule has 0 aliphatic rings. The van der Waals surface area contributed by atoms with Crippen molar-refractivity contribution in [2.75, 3.05) is 19.8 Å². The highest BCUT2D eigenvalue weighted by atomic mass is 16.5. The van der Waals surface area contributed by atoms with E-state index in [2.05, 4.69) is 0 Å². The third-order valence-electron chi connectivity index (χ3n) is 2.30. The van der Waals surface area contributed by atoms with E-state index in [-0.39, 0.29) is 19.0 Å². The van der Waals surface area contributed by atoms with E-state index >= 15 is 0 Å². The average molecular weight is 314 g/mol. The molecule has 0 aromatic carbocycles. The summed E-state index contributed by atoms with van der Waals surface area (Å²) in [5, 5.41) is 60.7. The molecule has 0 amide bonds. The van der Waals surface area contributed by atoms with Gasteiger partial charge in [0.1, 0.15) is 24.4 Å². The molecule has 0 aliphatic carbocycles. The van der Waals surface area contributed by atoms with Gasteiger partial charge in [-0.05, 0) is 13.8 Å². The van der Waals surface area contributed by atoms with E-state index in [9.17, 15) is 4.79 Å². The Kier molecular flexibility index (Phi) is 14.1. The van der Waals surface area contributed by atoms with Crippen molar-refractivity contribution < 1.29 is 45.3 Å². The van der Waals surface area contributed by atoms with Gasteiger partial charge in [-0.1, -0.05) is 0 Å². The zero-order chi connectivity index (χ0) is 17.0. The first-order valence-corrected chi connectivity index (χ1v) is 6.40. The SMILES string of the molecule is CC(O)COC(C)CO.O=CC(O)C(O)C(O)C(O)CO. The third-order valence-corrected chi connectivity index (χ3v) is 2.30. The first-order valence-electron chi connectivity index (χ1n) is 6.40. The van der Waals surface area contributed by atoms with E-state index in [0.717, 1.165) is 0 Å². The zero-order valence-electron chi connectivity index (χ0n) is 12.1. The van der Waals surface area contributed by atoms with Crippen LogP contribution in [-0.4, -0.2) is 98.5 Å². The standard InChI is InChI=1S/C6H12O6.C6H14O3/c7-1-3(9)5(11)6(12)4(10)2-8;1-5(8)4-9-6(2)3-7/h1,3-6,8-12H,2H2;5-8H,3-4H2,1-2H3. The minimum Gasteiger partial charge on any atom is -0.394 e. The van der Waals surface area contributed by atoms with Crippen LogP contribution in [0.15, 0.2) is 0 Å². The average Bonchev–Trinajstić information content (AvgIpc) is 2.49. The lowest BCUT2D eigenvalue weighted by Gasteiger charge is -2.22. The molecule has 0 radical (unpaired) electrons. The molecule has 0 saturated carbocycles. The molecule has 0 spiro atoms. The van der Waals surface area contributed by atoms with Crippen LogP contribution in [0.5, 0.6) is 0 Å². The lowest BCUT2D eigenvalue weighted by Crippen LogP contribution is -2.46. The Labute approximate surface area is 123 Å². The van der Waals surface area contributed by atoms with Gasteiger partial charge in [0.25, 0.3) is 0 Å². The summed E-state index contributed by atoms with van der Waals surface area (Å²) >= 11 is 0. The summed E-state index contributed by atoms with van der Waals surface area (Å²) in [4.78, 5) is 9.90. The molecule has 6 unspecified atom stereocenters. The Hall–Kier alpha value is -0.650. The van der Waals surface area contributed by atoms with Crippen molar-refractivity contribution in [3.8, 4) is 0 Å². The van der Waals surface area contributed by atoms with Crippen LogP contribution >= 0.6 is 0 Å². The molecule has 21 heavy (non-hydrogen) atoms. The van der Waals surface area contributed by atoms with Gasteiger partial charge < -0.3 is 45.3 Å². The number of carbonyl (C=O) groups excluding carboxylic acids is 1. The number of rotatable bonds is 9. The Morgan fingerprint density at radius 3 is 1.81 bits per heavy atom. The zero-order valence-corrected chi connectivity index (χ0v) is 12.1. The molecule has 7 N–H and O–H groups in total. The smallest absolute Gasteiger partial charge is 0.151 e. The van der Waals surface area contributed by atoms with E-state index in [1.165, 1.54) is 0 Å². The van der Waals surface area contributed by atoms with Crippen LogP contribution in [-0.2, 0) is 9.53 Å². The van der Waals surface area contributed by atoms with Gasteiger partial charge in [0.2, 0.25) is 0 Å². The van der Waals surface area contributed by atoms with Crippen molar-refractivity contribution in [2.24, 2.45) is 0 Å². The predicted octanol–water partition coefficient (Wildman–Crippen LogP) is -3.61. The molecule has 6 atom stereocenters. The quantitative estimate of drug-likeness (QED) is 0.212. The topological polar surface area (TPSA) is 168 Å². The third kappa shape index (κ3) is 11.7. The van der Waals surface area contributed by atoms with E-state index < -0.39 is 37.1 Å². The van der Waals surface area contributed by atoms with Crippen LogP contribution in [0.3, 0.4) is 0 Å².